The van der Waals surface area contributed by atoms with E-state index in [-0.39, 0.29) is 6.10 Å². The summed E-state index contributed by atoms with van der Waals surface area (Å²) < 4.78 is 27.5. The third-order valence-electron chi connectivity index (χ3n) is 5.21. The van der Waals surface area contributed by atoms with Crippen molar-refractivity contribution in [2.24, 2.45) is 0 Å². The lowest BCUT2D eigenvalue weighted by Gasteiger charge is -2.29. The fourth-order valence-electron chi connectivity index (χ4n) is 3.55. The molecule has 7 nitrogen and oxygen atoms in total. The first-order valence-corrected chi connectivity index (χ1v) is 10.6. The second-order valence-corrected chi connectivity index (χ2v) is 7.59. The Labute approximate surface area is 189 Å². The molecule has 0 saturated carbocycles. The Morgan fingerprint density at radius 3 is 2.42 bits per heavy atom. The van der Waals surface area contributed by atoms with E-state index < -0.39 is 0 Å². The second kappa shape index (κ2) is 11.1. The van der Waals surface area contributed by atoms with Gasteiger partial charge in [0.2, 0.25) is 0 Å². The van der Waals surface area contributed by atoms with Gasteiger partial charge in [0.1, 0.15) is 11.5 Å². The molecule has 0 amide bonds. The number of methoxy groups -OCH3 is 4. The first kappa shape index (κ1) is 23.0. The van der Waals surface area contributed by atoms with Crippen LogP contribution in [0, 0.1) is 0 Å². The molecule has 1 heterocycles. The highest BCUT2D eigenvalue weighted by Gasteiger charge is 2.22. The maximum atomic E-state index is 5.86. The van der Waals surface area contributed by atoms with Gasteiger partial charge in [-0.2, -0.15) is 0 Å². The van der Waals surface area contributed by atoms with Gasteiger partial charge in [0.05, 0.1) is 40.2 Å². The van der Waals surface area contributed by atoms with Gasteiger partial charge in [-0.1, -0.05) is 6.07 Å². The lowest BCUT2D eigenvalue weighted by Crippen LogP contribution is -2.39. The van der Waals surface area contributed by atoms with Crippen molar-refractivity contribution in [2.75, 3.05) is 46.9 Å². The molecule has 8 heteroatoms. The highest BCUT2D eigenvalue weighted by molar-refractivity contribution is 7.80. The van der Waals surface area contributed by atoms with Crippen LogP contribution in [-0.2, 0) is 11.3 Å². The van der Waals surface area contributed by atoms with Gasteiger partial charge >= 0.3 is 0 Å². The highest BCUT2D eigenvalue weighted by Crippen LogP contribution is 2.31. The predicted molar refractivity (Wildman–Crippen MR) is 125 cm³/mol. The average molecular weight is 447 g/mol. The number of ether oxygens (including phenoxy) is 5. The molecule has 31 heavy (non-hydrogen) atoms. The topological polar surface area (TPSA) is 61.4 Å². The van der Waals surface area contributed by atoms with Crippen LogP contribution in [0.1, 0.15) is 18.4 Å². The Balaban J connectivity index is 1.80. The van der Waals surface area contributed by atoms with Crippen molar-refractivity contribution in [1.82, 2.24) is 4.90 Å². The third-order valence-corrected chi connectivity index (χ3v) is 5.57. The molecule has 1 N–H and O–H groups in total. The summed E-state index contributed by atoms with van der Waals surface area (Å²) in [6, 6.07) is 11.5. The van der Waals surface area contributed by atoms with Crippen LogP contribution in [0.15, 0.2) is 36.4 Å². The molecule has 0 aromatic heterocycles. The van der Waals surface area contributed by atoms with E-state index in [2.05, 4.69) is 10.2 Å². The smallest absolute Gasteiger partial charge is 0.173 e. The summed E-state index contributed by atoms with van der Waals surface area (Å²) >= 11 is 5.79. The van der Waals surface area contributed by atoms with Crippen molar-refractivity contribution in [1.29, 1.82) is 0 Å². The van der Waals surface area contributed by atoms with Crippen LogP contribution in [0.2, 0.25) is 0 Å². The molecule has 168 valence electrons. The molecule has 0 aliphatic carbocycles. The standard InChI is InChI=1S/C23H30N2O5S/c1-26-17-8-9-19(21(13-17)28-3)24-23(31)25(15-18-6-5-11-30-18)14-16-7-10-20(27-2)22(12-16)29-4/h7-10,12-13,18H,5-6,11,14-15H2,1-4H3,(H,24,31). The molecule has 1 saturated heterocycles. The minimum absolute atomic E-state index is 0.151. The normalized spacial score (nSPS) is 15.3. The highest BCUT2D eigenvalue weighted by atomic mass is 32.1. The monoisotopic (exact) mass is 446 g/mol. The first-order chi connectivity index (χ1) is 15.1. The third kappa shape index (κ3) is 5.92. The van der Waals surface area contributed by atoms with Crippen LogP contribution in [0.3, 0.4) is 0 Å². The summed E-state index contributed by atoms with van der Waals surface area (Å²) in [6.45, 7) is 2.09. The fourth-order valence-corrected chi connectivity index (χ4v) is 3.80. The number of thiocarbonyl (C=S) groups is 1. The SMILES string of the molecule is COc1ccc(NC(=S)N(Cc2ccc(OC)c(OC)c2)CC2CCCO2)c(OC)c1. The Kier molecular flexibility index (Phi) is 8.20. The zero-order valence-electron chi connectivity index (χ0n) is 18.5. The number of hydrogen-bond donors (Lipinski definition) is 1. The van der Waals surface area contributed by atoms with Gasteiger partial charge < -0.3 is 33.9 Å². The maximum Gasteiger partial charge on any atom is 0.173 e. The predicted octanol–water partition coefficient (Wildman–Crippen LogP) is 4.10. The van der Waals surface area contributed by atoms with Crippen LogP contribution in [0.4, 0.5) is 5.69 Å². The molecule has 0 bridgehead atoms. The molecule has 1 atom stereocenters. The summed E-state index contributed by atoms with van der Waals surface area (Å²) in [5.74, 6) is 2.76. The Morgan fingerprint density at radius 2 is 1.77 bits per heavy atom. The quantitative estimate of drug-likeness (QED) is 0.578. The van der Waals surface area contributed by atoms with Gasteiger partial charge in [-0.3, -0.25) is 0 Å². The van der Waals surface area contributed by atoms with Gasteiger partial charge in [-0.15, -0.1) is 0 Å². The molecule has 1 unspecified atom stereocenters. The van der Waals surface area contributed by atoms with Gasteiger partial charge in [-0.25, -0.2) is 0 Å². The number of rotatable bonds is 9. The van der Waals surface area contributed by atoms with E-state index in [4.69, 9.17) is 35.9 Å². The van der Waals surface area contributed by atoms with Crippen molar-refractivity contribution in [2.45, 2.75) is 25.5 Å². The zero-order chi connectivity index (χ0) is 22.2. The van der Waals surface area contributed by atoms with E-state index in [1.165, 1.54) is 0 Å². The molecule has 2 aromatic carbocycles. The van der Waals surface area contributed by atoms with E-state index in [1.807, 2.05) is 36.4 Å². The molecular weight excluding hydrogens is 416 g/mol. The molecule has 3 rings (SSSR count). The Hall–Kier alpha value is -2.71. The second-order valence-electron chi connectivity index (χ2n) is 7.20. The molecule has 2 aromatic rings. The van der Waals surface area contributed by atoms with Crippen molar-refractivity contribution >= 4 is 23.0 Å². The van der Waals surface area contributed by atoms with Gasteiger partial charge in [-0.05, 0) is 54.9 Å². The lowest BCUT2D eigenvalue weighted by molar-refractivity contribution is 0.0905. The van der Waals surface area contributed by atoms with E-state index >= 15 is 0 Å². The minimum Gasteiger partial charge on any atom is -0.497 e. The minimum atomic E-state index is 0.151. The summed E-state index contributed by atoms with van der Waals surface area (Å²) in [5.41, 5.74) is 1.83. The van der Waals surface area contributed by atoms with E-state index in [0.717, 1.165) is 36.4 Å². The molecule has 0 spiro atoms. The lowest BCUT2D eigenvalue weighted by atomic mass is 10.1. The zero-order valence-corrected chi connectivity index (χ0v) is 19.3. The van der Waals surface area contributed by atoms with E-state index in [0.29, 0.717) is 35.5 Å². The number of benzene rings is 2. The molecule has 1 aliphatic rings. The van der Waals surface area contributed by atoms with Crippen LogP contribution in [0.25, 0.3) is 0 Å². The molecule has 0 radical (unpaired) electrons. The summed E-state index contributed by atoms with van der Waals surface area (Å²) in [5, 5.41) is 3.91. The van der Waals surface area contributed by atoms with Gasteiger partial charge in [0.15, 0.2) is 16.6 Å². The first-order valence-electron chi connectivity index (χ1n) is 10.2. The van der Waals surface area contributed by atoms with Crippen molar-refractivity contribution < 1.29 is 23.7 Å². The van der Waals surface area contributed by atoms with Crippen LogP contribution < -0.4 is 24.3 Å². The van der Waals surface area contributed by atoms with Gasteiger partial charge in [0, 0.05) is 25.8 Å². The summed E-state index contributed by atoms with van der Waals surface area (Å²) in [6.07, 6.45) is 2.25. The van der Waals surface area contributed by atoms with E-state index in [1.54, 1.807) is 28.4 Å². The number of nitrogens with zero attached hydrogens (tertiary/aromatic N) is 1. The summed E-state index contributed by atoms with van der Waals surface area (Å²) in [7, 11) is 6.51. The average Bonchev–Trinajstić information content (AvgIpc) is 3.31. The molecular formula is C23H30N2O5S. The van der Waals surface area contributed by atoms with Crippen LogP contribution in [-0.4, -0.2) is 57.7 Å². The fraction of sp³-hybridized carbons (Fsp3) is 0.435. The van der Waals surface area contributed by atoms with Crippen molar-refractivity contribution in [3.8, 4) is 23.0 Å². The Morgan fingerprint density at radius 1 is 1.00 bits per heavy atom. The van der Waals surface area contributed by atoms with Crippen LogP contribution >= 0.6 is 12.2 Å². The van der Waals surface area contributed by atoms with Gasteiger partial charge in [0.25, 0.3) is 0 Å². The molecule has 1 fully saturated rings. The van der Waals surface area contributed by atoms with Crippen molar-refractivity contribution in [3.63, 3.8) is 0 Å². The van der Waals surface area contributed by atoms with Crippen LogP contribution in [0.5, 0.6) is 23.0 Å². The largest absolute Gasteiger partial charge is 0.497 e. The summed E-state index contributed by atoms with van der Waals surface area (Å²) in [4.78, 5) is 2.11. The molecule has 1 aliphatic heterocycles. The number of nitrogens with one attached hydrogen (secondary N) is 1. The number of anilines is 1. The van der Waals surface area contributed by atoms with E-state index in [9.17, 15) is 0 Å². The van der Waals surface area contributed by atoms with Crippen molar-refractivity contribution in [3.05, 3.63) is 42.0 Å². The number of hydrogen-bond acceptors (Lipinski definition) is 6. The maximum absolute atomic E-state index is 5.86. The Bertz CT molecular complexity index is 886.